The van der Waals surface area contributed by atoms with Crippen molar-refractivity contribution in [3.05, 3.63) is 0 Å². The predicted molar refractivity (Wildman–Crippen MR) is 57.7 cm³/mol. The molecule has 0 spiro atoms. The van der Waals surface area contributed by atoms with Crippen LogP contribution < -0.4 is 16.5 Å². The average Bonchev–Trinajstić information content (AvgIpc) is 2.23. The molecule has 0 heterocycles. The molecule has 3 amide bonds. The lowest BCUT2D eigenvalue weighted by Gasteiger charge is -2.21. The van der Waals surface area contributed by atoms with Crippen LogP contribution in [0.15, 0.2) is 0 Å². The van der Waals surface area contributed by atoms with Gasteiger partial charge in [-0.05, 0) is 5.92 Å². The number of carboxylic acid groups (broad SMARTS) is 1. The molecule has 0 rings (SSSR count). The molecular formula is C9H17N3O5. The first-order valence-electron chi connectivity index (χ1n) is 5.07. The van der Waals surface area contributed by atoms with Crippen molar-refractivity contribution in [1.82, 2.24) is 10.8 Å². The van der Waals surface area contributed by atoms with E-state index < -0.39 is 30.6 Å². The minimum absolute atomic E-state index is 0.157. The minimum atomic E-state index is -1.21. The number of amides is 3. The molecule has 0 bridgehead atoms. The van der Waals surface area contributed by atoms with Crippen molar-refractivity contribution in [3.8, 4) is 0 Å². The fourth-order valence-corrected chi connectivity index (χ4v) is 1.09. The molecule has 0 aromatic rings. The van der Waals surface area contributed by atoms with Crippen LogP contribution in [0.4, 0.5) is 4.79 Å². The Morgan fingerprint density at radius 1 is 1.41 bits per heavy atom. The lowest BCUT2D eigenvalue weighted by atomic mass is 9.99. The Morgan fingerprint density at radius 2 is 2.00 bits per heavy atom. The molecule has 0 radical (unpaired) electrons. The highest BCUT2D eigenvalue weighted by atomic mass is 16.7. The molecule has 5 N–H and O–H groups in total. The van der Waals surface area contributed by atoms with E-state index in [0.717, 1.165) is 0 Å². The first kappa shape index (κ1) is 15.2. The molecule has 0 aromatic carbocycles. The van der Waals surface area contributed by atoms with Crippen molar-refractivity contribution in [2.24, 2.45) is 11.7 Å². The summed E-state index contributed by atoms with van der Waals surface area (Å²) < 4.78 is 0. The molecule has 0 saturated heterocycles. The Bertz CT molecular complexity index is 294. The van der Waals surface area contributed by atoms with Crippen molar-refractivity contribution in [3.63, 3.8) is 0 Å². The zero-order chi connectivity index (χ0) is 13.4. The molecule has 98 valence electrons. The minimum Gasteiger partial charge on any atom is -0.479 e. The fourth-order valence-electron chi connectivity index (χ4n) is 1.09. The normalized spacial score (nSPS) is 13.5. The van der Waals surface area contributed by atoms with Crippen LogP contribution in [0.3, 0.4) is 0 Å². The molecule has 2 atom stereocenters. The molecule has 0 aliphatic rings. The van der Waals surface area contributed by atoms with Gasteiger partial charge in [-0.25, -0.2) is 15.1 Å². The zero-order valence-corrected chi connectivity index (χ0v) is 9.73. The molecule has 0 aliphatic carbocycles. The van der Waals surface area contributed by atoms with Crippen LogP contribution in [0.1, 0.15) is 20.3 Å². The van der Waals surface area contributed by atoms with Crippen LogP contribution in [-0.4, -0.2) is 35.7 Å². The van der Waals surface area contributed by atoms with Crippen LogP contribution in [0, 0.1) is 5.92 Å². The third kappa shape index (κ3) is 6.36. The van der Waals surface area contributed by atoms with Crippen LogP contribution in [-0.2, 0) is 14.4 Å². The van der Waals surface area contributed by atoms with E-state index in [1.54, 1.807) is 6.92 Å². The highest BCUT2D eigenvalue weighted by molar-refractivity contribution is 5.86. The van der Waals surface area contributed by atoms with E-state index in [1.165, 1.54) is 0 Å². The van der Waals surface area contributed by atoms with Gasteiger partial charge in [0.2, 0.25) is 0 Å². The van der Waals surface area contributed by atoms with Gasteiger partial charge in [0.1, 0.15) is 6.04 Å². The van der Waals surface area contributed by atoms with Crippen molar-refractivity contribution in [1.29, 1.82) is 0 Å². The summed E-state index contributed by atoms with van der Waals surface area (Å²) in [5.41, 5.74) is 6.88. The van der Waals surface area contributed by atoms with Gasteiger partial charge in [0.15, 0.2) is 6.61 Å². The number of nitrogens with two attached hydrogens (primary N) is 1. The van der Waals surface area contributed by atoms with Gasteiger partial charge < -0.3 is 16.2 Å². The van der Waals surface area contributed by atoms with E-state index in [-0.39, 0.29) is 5.92 Å². The van der Waals surface area contributed by atoms with Crippen LogP contribution >= 0.6 is 0 Å². The molecular weight excluding hydrogens is 230 g/mol. The number of rotatable bonds is 7. The number of aliphatic carboxylic acids is 1. The number of nitrogens with one attached hydrogen (secondary N) is 2. The number of carboxylic acids is 1. The summed E-state index contributed by atoms with van der Waals surface area (Å²) >= 11 is 0. The fraction of sp³-hybridized carbons (Fsp3) is 0.667. The summed E-state index contributed by atoms with van der Waals surface area (Å²) in [5.74, 6) is -2.01. The van der Waals surface area contributed by atoms with E-state index in [0.29, 0.717) is 6.42 Å². The van der Waals surface area contributed by atoms with Crippen molar-refractivity contribution in [2.75, 3.05) is 6.61 Å². The van der Waals surface area contributed by atoms with Crippen LogP contribution in [0.2, 0.25) is 0 Å². The maximum Gasteiger partial charge on any atom is 0.332 e. The number of primary amides is 1. The largest absolute Gasteiger partial charge is 0.479 e. The summed E-state index contributed by atoms with van der Waals surface area (Å²) in [6.45, 7) is 2.93. The van der Waals surface area contributed by atoms with Crippen molar-refractivity contribution in [2.45, 2.75) is 26.3 Å². The molecule has 17 heavy (non-hydrogen) atoms. The number of carbonyl (C=O) groups is 3. The van der Waals surface area contributed by atoms with E-state index in [4.69, 9.17) is 10.8 Å². The quantitative estimate of drug-likeness (QED) is 0.437. The van der Waals surface area contributed by atoms with Gasteiger partial charge in [0.25, 0.3) is 5.91 Å². The topological polar surface area (TPSA) is 131 Å². The van der Waals surface area contributed by atoms with E-state index >= 15 is 0 Å². The lowest BCUT2D eigenvalue weighted by molar-refractivity contribution is -0.150. The maximum atomic E-state index is 11.6. The molecule has 0 fully saturated rings. The molecule has 8 heteroatoms. The summed E-state index contributed by atoms with van der Waals surface area (Å²) in [6.07, 6.45) is 0.636. The van der Waals surface area contributed by atoms with Gasteiger partial charge in [-0.1, -0.05) is 20.3 Å². The highest BCUT2D eigenvalue weighted by Crippen LogP contribution is 2.07. The summed E-state index contributed by atoms with van der Waals surface area (Å²) in [5, 5.41) is 10.6. The third-order valence-electron chi connectivity index (χ3n) is 2.16. The first-order chi connectivity index (χ1) is 7.88. The molecule has 8 nitrogen and oxygen atoms in total. The van der Waals surface area contributed by atoms with E-state index in [1.807, 2.05) is 12.4 Å². The van der Waals surface area contributed by atoms with E-state index in [2.05, 4.69) is 10.2 Å². The number of hydrogen-bond donors (Lipinski definition) is 4. The average molecular weight is 247 g/mol. The second-order valence-corrected chi connectivity index (χ2v) is 3.52. The van der Waals surface area contributed by atoms with Crippen molar-refractivity contribution >= 4 is 17.9 Å². The summed E-state index contributed by atoms with van der Waals surface area (Å²) in [7, 11) is 0. The second kappa shape index (κ2) is 7.44. The number of hydroxylamine groups is 1. The summed E-state index contributed by atoms with van der Waals surface area (Å²) in [4.78, 5) is 36.8. The van der Waals surface area contributed by atoms with Gasteiger partial charge >= 0.3 is 12.0 Å². The van der Waals surface area contributed by atoms with Crippen LogP contribution in [0.25, 0.3) is 0 Å². The Kier molecular flexibility index (Phi) is 6.64. The van der Waals surface area contributed by atoms with E-state index in [9.17, 15) is 14.4 Å². The Morgan fingerprint density at radius 3 is 2.41 bits per heavy atom. The molecule has 0 aliphatic heterocycles. The number of carbonyl (C=O) groups excluding carboxylic acids is 2. The SMILES string of the molecule is CCC(C)C(NC(N)=O)C(=O)NOCC(=O)O. The lowest BCUT2D eigenvalue weighted by Crippen LogP contribution is -2.51. The van der Waals surface area contributed by atoms with Gasteiger partial charge in [-0.2, -0.15) is 0 Å². The van der Waals surface area contributed by atoms with Gasteiger partial charge in [-0.15, -0.1) is 0 Å². The van der Waals surface area contributed by atoms with Crippen LogP contribution in [0.5, 0.6) is 0 Å². The highest BCUT2D eigenvalue weighted by Gasteiger charge is 2.25. The Hall–Kier alpha value is -1.83. The monoisotopic (exact) mass is 247 g/mol. The predicted octanol–water partition coefficient (Wildman–Crippen LogP) is -0.798. The van der Waals surface area contributed by atoms with Gasteiger partial charge in [0, 0.05) is 0 Å². The standard InChI is InChI=1S/C9H17N3O5/c1-3-5(2)7(11-9(10)16)8(15)12-17-4-6(13)14/h5,7H,3-4H2,1-2H3,(H,12,15)(H,13,14)(H3,10,11,16). The molecule has 2 unspecified atom stereocenters. The van der Waals surface area contributed by atoms with Crippen molar-refractivity contribution < 1.29 is 24.3 Å². The number of urea groups is 1. The third-order valence-corrected chi connectivity index (χ3v) is 2.16. The Balaban J connectivity index is 4.32. The first-order valence-corrected chi connectivity index (χ1v) is 5.07. The van der Waals surface area contributed by atoms with Gasteiger partial charge in [-0.3, -0.25) is 9.63 Å². The molecule has 0 aromatic heterocycles. The second-order valence-electron chi connectivity index (χ2n) is 3.52. The van der Waals surface area contributed by atoms with Gasteiger partial charge in [0.05, 0.1) is 0 Å². The summed E-state index contributed by atoms with van der Waals surface area (Å²) in [6, 6.07) is -1.69. The maximum absolute atomic E-state index is 11.6. The molecule has 0 saturated carbocycles. The zero-order valence-electron chi connectivity index (χ0n) is 9.73. The number of hydrogen-bond acceptors (Lipinski definition) is 4. The Labute approximate surface area is 98.4 Å². The smallest absolute Gasteiger partial charge is 0.332 e.